The number of urea groups is 1. The highest BCUT2D eigenvalue weighted by Gasteiger charge is 2.41. The van der Waals surface area contributed by atoms with Gasteiger partial charge in [0.05, 0.1) is 16.6 Å². The third-order valence-corrected chi connectivity index (χ3v) is 6.61. The maximum Gasteiger partial charge on any atom is 0.324 e. The summed E-state index contributed by atoms with van der Waals surface area (Å²) < 4.78 is 0. The quantitative estimate of drug-likeness (QED) is 0.454. The van der Waals surface area contributed by atoms with Crippen LogP contribution in [-0.2, 0) is 0 Å². The first kappa shape index (κ1) is 20.4. The summed E-state index contributed by atoms with van der Waals surface area (Å²) in [6, 6.07) is 5.93. The van der Waals surface area contributed by atoms with E-state index in [0.717, 1.165) is 42.8 Å². The van der Waals surface area contributed by atoms with Gasteiger partial charge in [-0.15, -0.1) is 0 Å². The second kappa shape index (κ2) is 9.27. The number of unbranched alkanes of at least 4 members (excludes halogenated alkanes) is 3. The van der Waals surface area contributed by atoms with Crippen molar-refractivity contribution in [3.05, 3.63) is 28.3 Å². The molecule has 1 atom stereocenters. The van der Waals surface area contributed by atoms with E-state index in [1.54, 1.807) is 6.07 Å². The summed E-state index contributed by atoms with van der Waals surface area (Å²) >= 11 is 9.79. The number of benzene rings is 1. The number of hydrogen-bond donors (Lipinski definition) is 0. The number of amides is 2. The van der Waals surface area contributed by atoms with Crippen LogP contribution < -0.4 is 4.90 Å². The zero-order valence-electron chi connectivity index (χ0n) is 15.8. The number of halogens is 2. The fourth-order valence-corrected chi connectivity index (χ4v) is 4.61. The molecule has 2 saturated heterocycles. The molecule has 5 nitrogen and oxygen atoms in total. The van der Waals surface area contributed by atoms with Crippen molar-refractivity contribution in [1.29, 1.82) is 5.26 Å². The van der Waals surface area contributed by atoms with Crippen molar-refractivity contribution < 1.29 is 4.79 Å². The maximum absolute atomic E-state index is 12.9. The molecule has 0 aromatic heterocycles. The Hall–Kier alpha value is -1.29. The van der Waals surface area contributed by atoms with Crippen LogP contribution in [0.2, 0.25) is 5.02 Å². The molecule has 2 fully saturated rings. The molecule has 0 bridgehead atoms. The molecule has 0 saturated carbocycles. The van der Waals surface area contributed by atoms with Crippen LogP contribution in [0.15, 0.2) is 12.1 Å². The maximum atomic E-state index is 12.9. The molecule has 3 rings (SSSR count). The van der Waals surface area contributed by atoms with Gasteiger partial charge in [0.2, 0.25) is 0 Å². The lowest BCUT2D eigenvalue weighted by Crippen LogP contribution is -2.52. The number of nitrogens with zero attached hydrogens (tertiary/aromatic N) is 4. The molecule has 1 aromatic carbocycles. The summed E-state index contributed by atoms with van der Waals surface area (Å²) in [5, 5.41) is 10.7. The standard InChI is InChI=1S/C20H26BrClN4O/c1-15-18(7-6-16(12-23)19(15)22)26-14-17-13-24(9-5-3-2-4-8-21)10-11-25(17)20(26)27/h6-7,17H,2-5,8-11,13-14H2,1H3/t17-/m0/s1. The third kappa shape index (κ3) is 4.42. The first-order chi connectivity index (χ1) is 13.1. The third-order valence-electron chi connectivity index (χ3n) is 5.56. The summed E-state index contributed by atoms with van der Waals surface area (Å²) in [5.41, 5.74) is 2.07. The fraction of sp³-hybridized carbons (Fsp3) is 0.600. The summed E-state index contributed by atoms with van der Waals surface area (Å²) in [6.45, 7) is 6.34. The Labute approximate surface area is 175 Å². The van der Waals surface area contributed by atoms with E-state index in [1.807, 2.05) is 22.8 Å². The second-order valence-electron chi connectivity index (χ2n) is 7.33. The Morgan fingerprint density at radius 2 is 2.00 bits per heavy atom. The van der Waals surface area contributed by atoms with Crippen LogP contribution in [0.3, 0.4) is 0 Å². The van der Waals surface area contributed by atoms with Crippen molar-refractivity contribution in [1.82, 2.24) is 9.80 Å². The minimum Gasteiger partial charge on any atom is -0.317 e. The molecule has 27 heavy (non-hydrogen) atoms. The number of hydrogen-bond acceptors (Lipinski definition) is 3. The van der Waals surface area contributed by atoms with Gasteiger partial charge >= 0.3 is 6.03 Å². The Kier molecular flexibility index (Phi) is 7.02. The van der Waals surface area contributed by atoms with Gasteiger partial charge in [0.25, 0.3) is 0 Å². The molecule has 2 aliphatic heterocycles. The Morgan fingerprint density at radius 1 is 1.22 bits per heavy atom. The number of fused-ring (bicyclic) bond motifs is 1. The summed E-state index contributed by atoms with van der Waals surface area (Å²) in [7, 11) is 0. The topological polar surface area (TPSA) is 50.6 Å². The summed E-state index contributed by atoms with van der Waals surface area (Å²) in [4.78, 5) is 19.2. The van der Waals surface area contributed by atoms with Crippen LogP contribution in [0.5, 0.6) is 0 Å². The minimum atomic E-state index is 0.0563. The van der Waals surface area contributed by atoms with Crippen LogP contribution in [0.25, 0.3) is 0 Å². The molecular formula is C20H26BrClN4O. The average molecular weight is 454 g/mol. The van der Waals surface area contributed by atoms with Crippen molar-refractivity contribution in [3.63, 3.8) is 0 Å². The molecule has 2 amide bonds. The molecule has 2 aliphatic rings. The van der Waals surface area contributed by atoms with Gasteiger partial charge in [-0.2, -0.15) is 5.26 Å². The van der Waals surface area contributed by atoms with Crippen LogP contribution in [0, 0.1) is 18.3 Å². The van der Waals surface area contributed by atoms with Gasteiger partial charge in [-0.05, 0) is 44.0 Å². The zero-order chi connectivity index (χ0) is 19.4. The van der Waals surface area contributed by atoms with E-state index in [0.29, 0.717) is 17.1 Å². The number of alkyl halides is 1. The Balaban J connectivity index is 1.63. The largest absolute Gasteiger partial charge is 0.324 e. The van der Waals surface area contributed by atoms with Gasteiger partial charge in [0.1, 0.15) is 6.07 Å². The van der Waals surface area contributed by atoms with Crippen molar-refractivity contribution in [2.24, 2.45) is 0 Å². The SMILES string of the molecule is Cc1c(N2C[C@@H]3CN(CCCCCCBr)CCN3C2=O)ccc(C#N)c1Cl. The first-order valence-corrected chi connectivity index (χ1v) is 11.1. The van der Waals surface area contributed by atoms with Gasteiger partial charge in [-0.25, -0.2) is 4.79 Å². The number of anilines is 1. The van der Waals surface area contributed by atoms with E-state index in [2.05, 4.69) is 26.9 Å². The monoisotopic (exact) mass is 452 g/mol. The molecule has 0 N–H and O–H groups in total. The van der Waals surface area contributed by atoms with Crippen LogP contribution in [-0.4, -0.2) is 59.9 Å². The van der Waals surface area contributed by atoms with E-state index >= 15 is 0 Å². The van der Waals surface area contributed by atoms with E-state index < -0.39 is 0 Å². The van der Waals surface area contributed by atoms with Crippen molar-refractivity contribution in [2.45, 2.75) is 38.6 Å². The minimum absolute atomic E-state index is 0.0563. The van der Waals surface area contributed by atoms with E-state index in [9.17, 15) is 4.79 Å². The molecule has 146 valence electrons. The number of carbonyl (C=O) groups is 1. The highest BCUT2D eigenvalue weighted by Crippen LogP contribution is 2.33. The highest BCUT2D eigenvalue weighted by atomic mass is 79.9. The average Bonchev–Trinajstić information content (AvgIpc) is 2.99. The van der Waals surface area contributed by atoms with Gasteiger partial charge in [-0.3, -0.25) is 9.80 Å². The normalized spacial score (nSPS) is 20.1. The summed E-state index contributed by atoms with van der Waals surface area (Å²) in [6.07, 6.45) is 5.01. The van der Waals surface area contributed by atoms with Gasteiger partial charge < -0.3 is 4.90 Å². The van der Waals surface area contributed by atoms with Crippen molar-refractivity contribution in [2.75, 3.05) is 43.0 Å². The van der Waals surface area contributed by atoms with Gasteiger partial charge in [-0.1, -0.05) is 40.4 Å². The molecule has 2 heterocycles. The van der Waals surface area contributed by atoms with E-state index in [1.165, 1.54) is 25.7 Å². The van der Waals surface area contributed by atoms with Crippen LogP contribution in [0.4, 0.5) is 10.5 Å². The lowest BCUT2D eigenvalue weighted by atomic mass is 10.1. The second-order valence-corrected chi connectivity index (χ2v) is 8.50. The first-order valence-electron chi connectivity index (χ1n) is 9.62. The zero-order valence-corrected chi connectivity index (χ0v) is 18.1. The molecule has 0 aliphatic carbocycles. The lowest BCUT2D eigenvalue weighted by molar-refractivity contribution is 0.120. The van der Waals surface area contributed by atoms with E-state index in [4.69, 9.17) is 16.9 Å². The number of nitriles is 1. The molecule has 0 spiro atoms. The molecule has 0 unspecified atom stereocenters. The molecule has 1 aromatic rings. The smallest absolute Gasteiger partial charge is 0.317 e. The fourth-order valence-electron chi connectivity index (χ4n) is 4.01. The Bertz CT molecular complexity index is 735. The van der Waals surface area contributed by atoms with Crippen molar-refractivity contribution in [3.8, 4) is 6.07 Å². The number of carbonyl (C=O) groups excluding carboxylic acids is 1. The Morgan fingerprint density at radius 3 is 2.74 bits per heavy atom. The van der Waals surface area contributed by atoms with Crippen molar-refractivity contribution >= 4 is 39.2 Å². The van der Waals surface area contributed by atoms with Crippen LogP contribution >= 0.6 is 27.5 Å². The predicted molar refractivity (Wildman–Crippen MR) is 113 cm³/mol. The molecule has 0 radical (unpaired) electrons. The predicted octanol–water partition coefficient (Wildman–Crippen LogP) is 4.40. The number of rotatable bonds is 7. The highest BCUT2D eigenvalue weighted by molar-refractivity contribution is 9.09. The molecule has 7 heteroatoms. The number of piperazine rings is 1. The van der Waals surface area contributed by atoms with E-state index in [-0.39, 0.29) is 12.1 Å². The summed E-state index contributed by atoms with van der Waals surface area (Å²) in [5.74, 6) is 0. The molecular weight excluding hydrogens is 428 g/mol. The van der Waals surface area contributed by atoms with Crippen LogP contribution in [0.1, 0.15) is 36.8 Å². The lowest BCUT2D eigenvalue weighted by Gasteiger charge is -2.36. The van der Waals surface area contributed by atoms with Gasteiger partial charge in [0, 0.05) is 37.2 Å². The van der Waals surface area contributed by atoms with Gasteiger partial charge in [0.15, 0.2) is 0 Å².